The Labute approximate surface area is 107 Å². The zero-order valence-electron chi connectivity index (χ0n) is 12.0. The number of likely N-dealkylation sites (tertiary alicyclic amines) is 1. The van der Waals surface area contributed by atoms with Gasteiger partial charge in [-0.2, -0.15) is 0 Å². The van der Waals surface area contributed by atoms with Crippen LogP contribution < -0.4 is 5.32 Å². The van der Waals surface area contributed by atoms with E-state index in [1.54, 1.807) is 0 Å². The molecule has 0 amide bonds. The normalized spacial score (nSPS) is 29.5. The highest BCUT2D eigenvalue weighted by molar-refractivity contribution is 4.86. The molecule has 0 aromatic rings. The second-order valence-corrected chi connectivity index (χ2v) is 6.11. The lowest BCUT2D eigenvalue weighted by atomic mass is 9.98. The first kappa shape index (κ1) is 14.9. The molecule has 17 heavy (non-hydrogen) atoms. The van der Waals surface area contributed by atoms with Crippen LogP contribution in [0.4, 0.5) is 0 Å². The van der Waals surface area contributed by atoms with Gasteiger partial charge in [-0.1, -0.05) is 20.8 Å². The van der Waals surface area contributed by atoms with E-state index in [1.807, 2.05) is 0 Å². The molecule has 0 aromatic heterocycles. The van der Waals surface area contributed by atoms with Gasteiger partial charge in [0.05, 0.1) is 6.61 Å². The summed E-state index contributed by atoms with van der Waals surface area (Å²) in [6, 6.07) is 0. The van der Waals surface area contributed by atoms with Crippen LogP contribution in [0.3, 0.4) is 0 Å². The third kappa shape index (κ3) is 4.57. The SMILES string of the molecule is CCCNC(C)(CO)CCN1CC(C)C(C)C1. The maximum Gasteiger partial charge on any atom is 0.0611 e. The molecule has 1 heterocycles. The average molecular weight is 242 g/mol. The molecule has 1 saturated heterocycles. The Morgan fingerprint density at radius 2 is 1.88 bits per heavy atom. The van der Waals surface area contributed by atoms with Crippen LogP contribution in [0, 0.1) is 11.8 Å². The van der Waals surface area contributed by atoms with Crippen LogP contribution in [-0.2, 0) is 0 Å². The van der Waals surface area contributed by atoms with E-state index >= 15 is 0 Å². The minimum atomic E-state index is -0.106. The highest BCUT2D eigenvalue weighted by Gasteiger charge is 2.28. The topological polar surface area (TPSA) is 35.5 Å². The van der Waals surface area contributed by atoms with Gasteiger partial charge >= 0.3 is 0 Å². The lowest BCUT2D eigenvalue weighted by molar-refractivity contribution is 0.150. The zero-order valence-corrected chi connectivity index (χ0v) is 12.0. The van der Waals surface area contributed by atoms with E-state index < -0.39 is 0 Å². The van der Waals surface area contributed by atoms with Crippen molar-refractivity contribution in [1.82, 2.24) is 10.2 Å². The maximum atomic E-state index is 9.51. The minimum Gasteiger partial charge on any atom is -0.394 e. The summed E-state index contributed by atoms with van der Waals surface area (Å²) in [5.41, 5.74) is -0.106. The number of aliphatic hydroxyl groups excluding tert-OH is 1. The molecule has 1 aliphatic rings. The molecule has 1 fully saturated rings. The van der Waals surface area contributed by atoms with Crippen molar-refractivity contribution in [2.24, 2.45) is 11.8 Å². The van der Waals surface area contributed by atoms with E-state index in [2.05, 4.69) is 37.9 Å². The number of nitrogens with one attached hydrogen (secondary N) is 1. The largest absolute Gasteiger partial charge is 0.394 e. The third-order valence-corrected chi connectivity index (χ3v) is 4.19. The number of rotatable bonds is 7. The second-order valence-electron chi connectivity index (χ2n) is 6.11. The Kier molecular flexibility index (Phi) is 5.90. The van der Waals surface area contributed by atoms with E-state index in [0.29, 0.717) is 0 Å². The Balaban J connectivity index is 2.32. The maximum absolute atomic E-state index is 9.51. The molecule has 2 N–H and O–H groups in total. The zero-order chi connectivity index (χ0) is 12.9. The standard InChI is InChI=1S/C14H30N2O/c1-5-7-15-14(4,11-17)6-8-16-9-12(2)13(3)10-16/h12-13,15,17H,5-11H2,1-4H3. The van der Waals surface area contributed by atoms with Crippen molar-refractivity contribution in [2.45, 2.75) is 46.1 Å². The predicted octanol–water partition coefficient (Wildman–Crippen LogP) is 1.71. The fraction of sp³-hybridized carbons (Fsp3) is 1.00. The third-order valence-electron chi connectivity index (χ3n) is 4.19. The van der Waals surface area contributed by atoms with Gasteiger partial charge in [0, 0.05) is 18.6 Å². The Hall–Kier alpha value is -0.120. The van der Waals surface area contributed by atoms with Gasteiger partial charge in [0.25, 0.3) is 0 Å². The molecular formula is C14H30N2O. The molecule has 0 spiro atoms. The molecule has 3 nitrogen and oxygen atoms in total. The fourth-order valence-electron chi connectivity index (χ4n) is 2.49. The molecule has 3 unspecified atom stereocenters. The van der Waals surface area contributed by atoms with Crippen molar-refractivity contribution in [3.8, 4) is 0 Å². The van der Waals surface area contributed by atoms with E-state index in [-0.39, 0.29) is 12.1 Å². The number of aliphatic hydroxyl groups is 1. The van der Waals surface area contributed by atoms with Crippen molar-refractivity contribution in [2.75, 3.05) is 32.8 Å². The van der Waals surface area contributed by atoms with Crippen LogP contribution in [-0.4, -0.2) is 48.3 Å². The summed E-state index contributed by atoms with van der Waals surface area (Å²) < 4.78 is 0. The highest BCUT2D eigenvalue weighted by atomic mass is 16.3. The van der Waals surface area contributed by atoms with Crippen molar-refractivity contribution in [3.05, 3.63) is 0 Å². The van der Waals surface area contributed by atoms with Gasteiger partial charge in [-0.25, -0.2) is 0 Å². The van der Waals surface area contributed by atoms with Gasteiger partial charge in [-0.15, -0.1) is 0 Å². The van der Waals surface area contributed by atoms with Crippen molar-refractivity contribution >= 4 is 0 Å². The van der Waals surface area contributed by atoms with Gasteiger partial charge in [-0.05, 0) is 44.7 Å². The van der Waals surface area contributed by atoms with Gasteiger partial charge in [0.2, 0.25) is 0 Å². The lowest BCUT2D eigenvalue weighted by Crippen LogP contribution is -2.48. The van der Waals surface area contributed by atoms with Crippen molar-refractivity contribution < 1.29 is 5.11 Å². The molecular weight excluding hydrogens is 212 g/mol. The van der Waals surface area contributed by atoms with Crippen LogP contribution in [0.1, 0.15) is 40.5 Å². The first-order valence-electron chi connectivity index (χ1n) is 7.09. The summed E-state index contributed by atoms with van der Waals surface area (Å²) in [4.78, 5) is 2.54. The second kappa shape index (κ2) is 6.72. The first-order chi connectivity index (χ1) is 8.00. The minimum absolute atomic E-state index is 0.106. The van der Waals surface area contributed by atoms with Gasteiger partial charge < -0.3 is 15.3 Å². The number of hydrogen-bond acceptors (Lipinski definition) is 3. The highest BCUT2D eigenvalue weighted by Crippen LogP contribution is 2.23. The number of nitrogens with zero attached hydrogens (tertiary/aromatic N) is 1. The Morgan fingerprint density at radius 1 is 1.29 bits per heavy atom. The summed E-state index contributed by atoms with van der Waals surface area (Å²) in [6.07, 6.45) is 2.15. The molecule has 1 rings (SSSR count). The predicted molar refractivity (Wildman–Crippen MR) is 73.2 cm³/mol. The molecule has 102 valence electrons. The first-order valence-corrected chi connectivity index (χ1v) is 7.09. The summed E-state index contributed by atoms with van der Waals surface area (Å²) in [7, 11) is 0. The van der Waals surface area contributed by atoms with Gasteiger partial charge in [-0.3, -0.25) is 0 Å². The average Bonchev–Trinajstić information content (AvgIpc) is 2.64. The number of hydrogen-bond donors (Lipinski definition) is 2. The Bertz CT molecular complexity index is 212. The smallest absolute Gasteiger partial charge is 0.0611 e. The monoisotopic (exact) mass is 242 g/mol. The molecule has 0 bridgehead atoms. The van der Waals surface area contributed by atoms with E-state index in [9.17, 15) is 5.11 Å². The van der Waals surface area contributed by atoms with Crippen LogP contribution in [0.5, 0.6) is 0 Å². The van der Waals surface area contributed by atoms with Crippen LogP contribution in [0.15, 0.2) is 0 Å². The van der Waals surface area contributed by atoms with Gasteiger partial charge in [0.1, 0.15) is 0 Å². The van der Waals surface area contributed by atoms with Crippen LogP contribution in [0.25, 0.3) is 0 Å². The van der Waals surface area contributed by atoms with E-state index in [4.69, 9.17) is 0 Å². The Morgan fingerprint density at radius 3 is 2.35 bits per heavy atom. The van der Waals surface area contributed by atoms with Crippen molar-refractivity contribution in [1.29, 1.82) is 0 Å². The summed E-state index contributed by atoms with van der Waals surface area (Å²) >= 11 is 0. The summed E-state index contributed by atoms with van der Waals surface area (Å²) in [5, 5.41) is 13.0. The lowest BCUT2D eigenvalue weighted by Gasteiger charge is -2.31. The molecule has 0 aromatic carbocycles. The van der Waals surface area contributed by atoms with Crippen LogP contribution >= 0.6 is 0 Å². The van der Waals surface area contributed by atoms with E-state index in [1.165, 1.54) is 13.1 Å². The fourth-order valence-corrected chi connectivity index (χ4v) is 2.49. The van der Waals surface area contributed by atoms with Crippen molar-refractivity contribution in [3.63, 3.8) is 0 Å². The molecule has 3 heteroatoms. The molecule has 0 radical (unpaired) electrons. The van der Waals surface area contributed by atoms with Crippen LogP contribution in [0.2, 0.25) is 0 Å². The summed E-state index contributed by atoms with van der Waals surface area (Å²) in [5.74, 6) is 1.64. The molecule has 0 aliphatic carbocycles. The molecule has 3 atom stereocenters. The van der Waals surface area contributed by atoms with E-state index in [0.717, 1.165) is 37.8 Å². The summed E-state index contributed by atoms with van der Waals surface area (Å²) in [6.45, 7) is 13.7. The quantitative estimate of drug-likeness (QED) is 0.713. The molecule has 1 aliphatic heterocycles. The molecule has 0 saturated carbocycles. The van der Waals surface area contributed by atoms with Gasteiger partial charge in [0.15, 0.2) is 0 Å².